The van der Waals surface area contributed by atoms with Crippen LogP contribution in [0.15, 0.2) is 48.5 Å². The fraction of sp³-hybridized carbons (Fsp3) is 0.636. The predicted molar refractivity (Wildman–Crippen MR) is 168 cm³/mol. The quantitative estimate of drug-likeness (QED) is 0.200. The summed E-state index contributed by atoms with van der Waals surface area (Å²) in [6, 6.07) is 16.6. The van der Waals surface area contributed by atoms with Crippen LogP contribution in [0.4, 0.5) is 0 Å². The van der Waals surface area contributed by atoms with E-state index in [4.69, 9.17) is 27.1 Å². The van der Waals surface area contributed by atoms with E-state index in [0.29, 0.717) is 26.4 Å². The molecule has 0 aliphatic carbocycles. The Kier molecular flexibility index (Phi) is 11.9. The van der Waals surface area contributed by atoms with Crippen molar-refractivity contribution in [3.63, 3.8) is 0 Å². The molecule has 2 heterocycles. The standard InChI is InChI=1S/C33H50O6P2/c1-7-11-21-32(9-3)23-34-40(35-24-32)38-29-17-13-27(14-18-29)31(5,6)28-15-19-30(20-16-28)39-41-36-25-33(10-4,26-37-41)22-12-8-2/h13-20H,7-12,21-26H2,1-6H3. The van der Waals surface area contributed by atoms with Gasteiger partial charge < -0.3 is 27.1 Å². The van der Waals surface area contributed by atoms with Gasteiger partial charge in [-0.1, -0.05) is 91.5 Å². The van der Waals surface area contributed by atoms with Crippen molar-refractivity contribution in [2.45, 2.75) is 98.3 Å². The van der Waals surface area contributed by atoms with Gasteiger partial charge in [-0.05, 0) is 61.1 Å². The summed E-state index contributed by atoms with van der Waals surface area (Å²) in [6.45, 7) is 16.2. The second-order valence-corrected chi connectivity index (χ2v) is 14.6. The largest absolute Gasteiger partial charge is 0.427 e. The molecule has 228 valence electrons. The molecule has 0 N–H and O–H groups in total. The second-order valence-electron chi connectivity index (χ2n) is 12.3. The summed E-state index contributed by atoms with van der Waals surface area (Å²) in [5.74, 6) is 1.54. The lowest BCUT2D eigenvalue weighted by molar-refractivity contribution is 0.00792. The van der Waals surface area contributed by atoms with E-state index in [2.05, 4.69) is 65.8 Å². The molecule has 4 rings (SSSR count). The first kappa shape index (κ1) is 32.6. The molecule has 0 radical (unpaired) electrons. The molecule has 0 saturated carbocycles. The maximum absolute atomic E-state index is 6.08. The summed E-state index contributed by atoms with van der Waals surface area (Å²) in [5, 5.41) is 0. The maximum atomic E-state index is 6.08. The van der Waals surface area contributed by atoms with Gasteiger partial charge in [0.2, 0.25) is 0 Å². The van der Waals surface area contributed by atoms with Crippen LogP contribution in [0, 0.1) is 10.8 Å². The molecule has 0 unspecified atom stereocenters. The van der Waals surface area contributed by atoms with E-state index in [9.17, 15) is 0 Å². The van der Waals surface area contributed by atoms with Crippen LogP contribution in [0.2, 0.25) is 0 Å². The smallest absolute Gasteiger partial charge is 0.397 e. The number of benzene rings is 2. The summed E-state index contributed by atoms with van der Waals surface area (Å²) in [5.41, 5.74) is 2.46. The molecule has 2 aromatic rings. The van der Waals surface area contributed by atoms with Crippen molar-refractivity contribution in [2.24, 2.45) is 10.8 Å². The number of hydrogen-bond donors (Lipinski definition) is 0. The Hall–Kier alpha value is -1.26. The van der Waals surface area contributed by atoms with E-state index in [0.717, 1.165) is 37.2 Å². The predicted octanol–water partition coefficient (Wildman–Crippen LogP) is 10.5. The topological polar surface area (TPSA) is 55.4 Å². The summed E-state index contributed by atoms with van der Waals surface area (Å²) < 4.78 is 36.3. The summed E-state index contributed by atoms with van der Waals surface area (Å²) in [4.78, 5) is 0. The number of rotatable bonds is 14. The molecule has 0 spiro atoms. The highest BCUT2D eigenvalue weighted by Gasteiger charge is 2.38. The molecular formula is C33H50O6P2. The molecule has 2 aliphatic rings. The highest BCUT2D eigenvalue weighted by atomic mass is 31.2. The first-order chi connectivity index (χ1) is 19.8. The van der Waals surface area contributed by atoms with Gasteiger partial charge in [0.1, 0.15) is 11.5 Å². The molecule has 0 atom stereocenters. The fourth-order valence-corrected chi connectivity index (χ4v) is 7.84. The molecule has 2 saturated heterocycles. The van der Waals surface area contributed by atoms with Crippen molar-refractivity contribution in [3.05, 3.63) is 59.7 Å². The van der Waals surface area contributed by atoms with Crippen LogP contribution in [0.1, 0.15) is 104 Å². The molecule has 6 nitrogen and oxygen atoms in total. The average Bonchev–Trinajstić information content (AvgIpc) is 3.01. The summed E-state index contributed by atoms with van der Waals surface area (Å²) >= 11 is 0. The normalized spacial score (nSPS) is 27.0. The van der Waals surface area contributed by atoms with E-state index in [-0.39, 0.29) is 16.2 Å². The molecular weight excluding hydrogens is 554 g/mol. The Morgan fingerprint density at radius 2 is 0.951 bits per heavy atom. The van der Waals surface area contributed by atoms with Gasteiger partial charge in [-0.3, -0.25) is 0 Å². The lowest BCUT2D eigenvalue weighted by atomic mass is 9.78. The van der Waals surface area contributed by atoms with Crippen LogP contribution in [0.25, 0.3) is 0 Å². The third kappa shape index (κ3) is 8.43. The molecule has 2 aliphatic heterocycles. The third-order valence-corrected chi connectivity index (χ3v) is 11.1. The van der Waals surface area contributed by atoms with E-state index < -0.39 is 17.2 Å². The van der Waals surface area contributed by atoms with Gasteiger partial charge in [0.05, 0.1) is 26.4 Å². The van der Waals surface area contributed by atoms with Crippen LogP contribution in [-0.2, 0) is 23.5 Å². The maximum Gasteiger partial charge on any atom is 0.397 e. The summed E-state index contributed by atoms with van der Waals surface area (Å²) in [6.07, 6.45) is 9.20. The van der Waals surface area contributed by atoms with Crippen molar-refractivity contribution in [1.82, 2.24) is 0 Å². The van der Waals surface area contributed by atoms with Crippen molar-refractivity contribution in [2.75, 3.05) is 26.4 Å². The van der Waals surface area contributed by atoms with Gasteiger partial charge in [-0.15, -0.1) is 0 Å². The third-order valence-electron chi connectivity index (χ3n) is 9.04. The Labute approximate surface area is 250 Å². The first-order valence-electron chi connectivity index (χ1n) is 15.5. The zero-order valence-electron chi connectivity index (χ0n) is 25.9. The van der Waals surface area contributed by atoms with Crippen LogP contribution in [0.5, 0.6) is 11.5 Å². The Morgan fingerprint density at radius 3 is 1.24 bits per heavy atom. The minimum Gasteiger partial charge on any atom is -0.427 e. The highest BCUT2D eigenvalue weighted by molar-refractivity contribution is 7.42. The Bertz CT molecular complexity index is 959. The van der Waals surface area contributed by atoms with Gasteiger partial charge in [0, 0.05) is 16.2 Å². The Balaban J connectivity index is 1.29. The van der Waals surface area contributed by atoms with E-state index in [1.54, 1.807) is 0 Å². The van der Waals surface area contributed by atoms with Gasteiger partial charge in [-0.25, -0.2) is 0 Å². The van der Waals surface area contributed by atoms with Gasteiger partial charge in [0.15, 0.2) is 0 Å². The summed E-state index contributed by atoms with van der Waals surface area (Å²) in [7, 11) is -2.73. The van der Waals surface area contributed by atoms with Crippen LogP contribution in [0.3, 0.4) is 0 Å². The Morgan fingerprint density at radius 1 is 0.610 bits per heavy atom. The van der Waals surface area contributed by atoms with Crippen LogP contribution in [-0.4, -0.2) is 26.4 Å². The highest BCUT2D eigenvalue weighted by Crippen LogP contribution is 2.51. The molecule has 8 heteroatoms. The van der Waals surface area contributed by atoms with Gasteiger partial charge >= 0.3 is 17.2 Å². The van der Waals surface area contributed by atoms with Crippen LogP contribution >= 0.6 is 17.2 Å². The molecule has 41 heavy (non-hydrogen) atoms. The van der Waals surface area contributed by atoms with E-state index >= 15 is 0 Å². The second kappa shape index (κ2) is 15.0. The van der Waals surface area contributed by atoms with Gasteiger partial charge in [-0.2, -0.15) is 0 Å². The van der Waals surface area contributed by atoms with Crippen molar-refractivity contribution >= 4 is 17.2 Å². The number of hydrogen-bond acceptors (Lipinski definition) is 6. The lowest BCUT2D eigenvalue weighted by Gasteiger charge is -2.38. The van der Waals surface area contributed by atoms with E-state index in [1.807, 2.05) is 24.3 Å². The zero-order valence-corrected chi connectivity index (χ0v) is 27.7. The molecule has 2 fully saturated rings. The van der Waals surface area contributed by atoms with E-state index in [1.165, 1.54) is 36.8 Å². The van der Waals surface area contributed by atoms with Crippen molar-refractivity contribution < 1.29 is 27.1 Å². The lowest BCUT2D eigenvalue weighted by Crippen LogP contribution is -2.34. The minimum absolute atomic E-state index is 0.124. The average molecular weight is 605 g/mol. The zero-order chi connectivity index (χ0) is 29.3. The molecule has 2 aromatic carbocycles. The fourth-order valence-electron chi connectivity index (χ4n) is 5.38. The molecule has 0 amide bonds. The first-order valence-corrected chi connectivity index (χ1v) is 17.6. The van der Waals surface area contributed by atoms with Crippen LogP contribution < -0.4 is 9.05 Å². The monoisotopic (exact) mass is 604 g/mol. The van der Waals surface area contributed by atoms with Crippen molar-refractivity contribution in [1.29, 1.82) is 0 Å². The number of unbranched alkanes of at least 4 members (excludes halogenated alkanes) is 2. The molecule has 0 bridgehead atoms. The van der Waals surface area contributed by atoms with Gasteiger partial charge in [0.25, 0.3) is 0 Å². The SMILES string of the molecule is CCCCC1(CC)COP(Oc2ccc(C(C)(C)c3ccc(OP4OCC(CC)(CCCC)CO4)cc3)cc2)OC1. The van der Waals surface area contributed by atoms with Crippen molar-refractivity contribution in [3.8, 4) is 11.5 Å². The minimum atomic E-state index is -1.36. The molecule has 0 aromatic heterocycles.